The van der Waals surface area contributed by atoms with Crippen LogP contribution in [0.5, 0.6) is 0 Å². The average Bonchev–Trinajstić information content (AvgIpc) is 2.84. The van der Waals surface area contributed by atoms with Gasteiger partial charge in [-0.25, -0.2) is 13.2 Å². The first-order chi connectivity index (χ1) is 10.9. The molecule has 0 aliphatic carbocycles. The van der Waals surface area contributed by atoms with E-state index in [1.165, 1.54) is 0 Å². The minimum Gasteiger partial charge on any atom is -0.450 e. The minimum absolute atomic E-state index is 0.0384. The highest BCUT2D eigenvalue weighted by molar-refractivity contribution is 7.91. The zero-order chi connectivity index (χ0) is 16.9. The van der Waals surface area contributed by atoms with E-state index >= 15 is 0 Å². The van der Waals surface area contributed by atoms with Crippen molar-refractivity contribution in [1.82, 2.24) is 15.5 Å². The fraction of sp³-hybridized carbons (Fsp3) is 0.857. The molecule has 2 N–H and O–H groups in total. The number of rotatable bonds is 5. The Labute approximate surface area is 136 Å². The summed E-state index contributed by atoms with van der Waals surface area (Å²) in [4.78, 5) is 25.1. The van der Waals surface area contributed by atoms with Crippen molar-refractivity contribution in [3.05, 3.63) is 0 Å². The summed E-state index contributed by atoms with van der Waals surface area (Å²) in [5, 5.41) is 5.92. The molecule has 2 fully saturated rings. The molecule has 2 rings (SSSR count). The molecule has 2 saturated heterocycles. The molecule has 0 saturated carbocycles. The maximum Gasteiger partial charge on any atom is 0.409 e. The van der Waals surface area contributed by atoms with Gasteiger partial charge in [-0.15, -0.1) is 0 Å². The van der Waals surface area contributed by atoms with Crippen LogP contribution >= 0.6 is 0 Å². The van der Waals surface area contributed by atoms with Crippen molar-refractivity contribution < 1.29 is 22.7 Å². The molecule has 132 valence electrons. The van der Waals surface area contributed by atoms with Crippen LogP contribution in [0.15, 0.2) is 0 Å². The Morgan fingerprint density at radius 1 is 1.17 bits per heavy atom. The third kappa shape index (κ3) is 5.65. The zero-order valence-electron chi connectivity index (χ0n) is 13.4. The van der Waals surface area contributed by atoms with Gasteiger partial charge < -0.3 is 20.3 Å². The molecule has 2 amide bonds. The number of likely N-dealkylation sites (tertiary alicyclic amines) is 1. The largest absolute Gasteiger partial charge is 0.450 e. The fourth-order valence-electron chi connectivity index (χ4n) is 2.91. The Morgan fingerprint density at radius 3 is 2.43 bits per heavy atom. The molecule has 0 aromatic rings. The van der Waals surface area contributed by atoms with E-state index in [1.807, 2.05) is 0 Å². The topological polar surface area (TPSA) is 105 Å². The fourth-order valence-corrected chi connectivity index (χ4v) is 4.58. The summed E-state index contributed by atoms with van der Waals surface area (Å²) in [7, 11) is -2.98. The van der Waals surface area contributed by atoms with Crippen molar-refractivity contribution in [2.45, 2.75) is 38.3 Å². The Hall–Kier alpha value is -1.35. The summed E-state index contributed by atoms with van der Waals surface area (Å²) in [5.41, 5.74) is 0. The molecule has 0 radical (unpaired) electrons. The highest BCUT2D eigenvalue weighted by Crippen LogP contribution is 2.12. The van der Waals surface area contributed by atoms with Gasteiger partial charge in [0.05, 0.1) is 24.7 Å². The van der Waals surface area contributed by atoms with Crippen molar-refractivity contribution in [2.24, 2.45) is 0 Å². The maximum atomic E-state index is 11.9. The molecule has 1 atom stereocenters. The van der Waals surface area contributed by atoms with Crippen molar-refractivity contribution in [1.29, 1.82) is 0 Å². The Balaban J connectivity index is 1.63. The third-order valence-corrected chi connectivity index (χ3v) is 5.94. The van der Waals surface area contributed by atoms with Gasteiger partial charge in [0.2, 0.25) is 5.91 Å². The van der Waals surface area contributed by atoms with Crippen molar-refractivity contribution >= 4 is 21.8 Å². The van der Waals surface area contributed by atoms with Gasteiger partial charge in [-0.2, -0.15) is 0 Å². The standard InChI is InChI=1S/C14H25N3O5S/c1-2-22-14(19)17-6-3-11(4-7-17)15-9-13(18)16-12-5-8-23(20,21)10-12/h11-12,15H,2-10H2,1H3,(H,16,18). The molecule has 0 aromatic carbocycles. The molecule has 9 heteroatoms. The molecule has 0 bridgehead atoms. The van der Waals surface area contributed by atoms with Crippen molar-refractivity contribution in [3.8, 4) is 0 Å². The van der Waals surface area contributed by atoms with Gasteiger partial charge in [-0.1, -0.05) is 0 Å². The van der Waals surface area contributed by atoms with E-state index in [9.17, 15) is 18.0 Å². The molecule has 8 nitrogen and oxygen atoms in total. The Kier molecular flexibility index (Phi) is 6.23. The SMILES string of the molecule is CCOC(=O)N1CCC(NCC(=O)NC2CCS(=O)(=O)C2)CC1. The van der Waals surface area contributed by atoms with E-state index in [4.69, 9.17) is 4.74 Å². The third-order valence-electron chi connectivity index (χ3n) is 4.17. The predicted molar refractivity (Wildman–Crippen MR) is 84.8 cm³/mol. The summed E-state index contributed by atoms with van der Waals surface area (Å²) in [6.45, 7) is 3.53. The second-order valence-corrected chi connectivity index (χ2v) is 8.24. The normalized spacial score (nSPS) is 24.4. The lowest BCUT2D eigenvalue weighted by Gasteiger charge is -2.31. The predicted octanol–water partition coefficient (Wildman–Crippen LogP) is -0.500. The van der Waals surface area contributed by atoms with Gasteiger partial charge >= 0.3 is 6.09 Å². The summed E-state index contributed by atoms with van der Waals surface area (Å²) in [6, 6.07) is -0.0845. The lowest BCUT2D eigenvalue weighted by molar-refractivity contribution is -0.121. The zero-order valence-corrected chi connectivity index (χ0v) is 14.2. The summed E-state index contributed by atoms with van der Waals surface area (Å²) in [6.07, 6.45) is 1.74. The second-order valence-electron chi connectivity index (χ2n) is 6.01. The number of hydrogen-bond donors (Lipinski definition) is 2. The smallest absolute Gasteiger partial charge is 0.409 e. The van der Waals surface area contributed by atoms with Gasteiger partial charge in [0.15, 0.2) is 9.84 Å². The molecular weight excluding hydrogens is 322 g/mol. The summed E-state index contributed by atoms with van der Waals surface area (Å²) >= 11 is 0. The highest BCUT2D eigenvalue weighted by Gasteiger charge is 2.29. The van der Waals surface area contributed by atoms with Crippen LogP contribution in [0.1, 0.15) is 26.2 Å². The van der Waals surface area contributed by atoms with Crippen LogP contribution in [-0.4, -0.2) is 75.1 Å². The quantitative estimate of drug-likeness (QED) is 0.695. The number of nitrogens with one attached hydrogen (secondary N) is 2. The molecule has 2 aliphatic rings. The van der Waals surface area contributed by atoms with Gasteiger partial charge in [0.25, 0.3) is 0 Å². The van der Waals surface area contributed by atoms with Crippen molar-refractivity contribution in [2.75, 3.05) is 37.7 Å². The highest BCUT2D eigenvalue weighted by atomic mass is 32.2. The van der Waals surface area contributed by atoms with E-state index in [-0.39, 0.29) is 42.1 Å². The van der Waals surface area contributed by atoms with Crippen LogP contribution in [0.4, 0.5) is 4.79 Å². The van der Waals surface area contributed by atoms with Crippen LogP contribution in [0, 0.1) is 0 Å². The first-order valence-corrected chi connectivity index (χ1v) is 9.86. The Bertz CT molecular complexity index is 529. The lowest BCUT2D eigenvalue weighted by atomic mass is 10.1. The van der Waals surface area contributed by atoms with Gasteiger partial charge in [0.1, 0.15) is 0 Å². The minimum atomic E-state index is -2.98. The first kappa shape index (κ1) is 18.0. The van der Waals surface area contributed by atoms with Gasteiger partial charge in [-0.3, -0.25) is 4.79 Å². The first-order valence-electron chi connectivity index (χ1n) is 8.04. The number of carbonyl (C=O) groups excluding carboxylic acids is 2. The monoisotopic (exact) mass is 347 g/mol. The number of nitrogens with zero attached hydrogens (tertiary/aromatic N) is 1. The molecule has 0 aromatic heterocycles. The van der Waals surface area contributed by atoms with E-state index < -0.39 is 9.84 Å². The Morgan fingerprint density at radius 2 is 1.87 bits per heavy atom. The van der Waals surface area contributed by atoms with Gasteiger partial charge in [0, 0.05) is 25.2 Å². The molecular formula is C14H25N3O5S. The maximum absolute atomic E-state index is 11.9. The van der Waals surface area contributed by atoms with E-state index in [0.29, 0.717) is 26.1 Å². The average molecular weight is 347 g/mol. The summed E-state index contributed by atoms with van der Waals surface area (Å²) in [5.74, 6) is 0.00822. The van der Waals surface area contributed by atoms with E-state index in [0.717, 1.165) is 12.8 Å². The molecule has 0 spiro atoms. The molecule has 23 heavy (non-hydrogen) atoms. The molecule has 2 aliphatic heterocycles. The van der Waals surface area contributed by atoms with Gasteiger partial charge in [-0.05, 0) is 26.2 Å². The van der Waals surface area contributed by atoms with Crippen LogP contribution in [0.2, 0.25) is 0 Å². The number of ether oxygens (including phenoxy) is 1. The van der Waals surface area contributed by atoms with Crippen LogP contribution in [-0.2, 0) is 19.4 Å². The lowest BCUT2D eigenvalue weighted by Crippen LogP contribution is -2.48. The number of carbonyl (C=O) groups is 2. The van der Waals surface area contributed by atoms with Crippen molar-refractivity contribution in [3.63, 3.8) is 0 Å². The van der Waals surface area contributed by atoms with Crippen LogP contribution in [0.3, 0.4) is 0 Å². The second kappa shape index (κ2) is 7.96. The molecule has 2 heterocycles. The number of hydrogen-bond acceptors (Lipinski definition) is 6. The van der Waals surface area contributed by atoms with Crippen LogP contribution < -0.4 is 10.6 Å². The number of sulfone groups is 1. The summed E-state index contributed by atoms with van der Waals surface area (Å²) < 4.78 is 27.7. The number of amides is 2. The van der Waals surface area contributed by atoms with Crippen LogP contribution in [0.25, 0.3) is 0 Å². The number of piperidine rings is 1. The van der Waals surface area contributed by atoms with E-state index in [2.05, 4.69) is 10.6 Å². The molecule has 1 unspecified atom stereocenters. The van der Waals surface area contributed by atoms with E-state index in [1.54, 1.807) is 11.8 Å².